The molecule has 0 saturated carbocycles. The molecule has 3 aromatic rings. The van der Waals surface area contributed by atoms with Gasteiger partial charge in [-0.25, -0.2) is 9.97 Å². The second-order valence-electron chi connectivity index (χ2n) is 8.19. The van der Waals surface area contributed by atoms with Crippen molar-refractivity contribution < 1.29 is 14.3 Å². The molecule has 2 aromatic heterocycles. The molecule has 1 aliphatic heterocycles. The largest absolute Gasteiger partial charge is 0.489 e. The molecule has 0 spiro atoms. The minimum Gasteiger partial charge on any atom is -0.489 e. The van der Waals surface area contributed by atoms with Crippen LogP contribution in [-0.2, 0) is 0 Å². The number of ether oxygens (including phenoxy) is 1. The lowest BCUT2D eigenvalue weighted by molar-refractivity contribution is 0.101. The molecule has 0 radical (unpaired) electrons. The highest BCUT2D eigenvalue weighted by atomic mass is 35.5. The summed E-state index contributed by atoms with van der Waals surface area (Å²) in [6.07, 6.45) is 3.23. The summed E-state index contributed by atoms with van der Waals surface area (Å²) in [6.45, 7) is 5.49. The van der Waals surface area contributed by atoms with Gasteiger partial charge in [0, 0.05) is 11.9 Å². The number of hydrogen-bond donors (Lipinski definition) is 3. The topological polar surface area (TPSA) is 105 Å². The molecule has 0 unspecified atom stereocenters. The molecule has 1 fully saturated rings. The van der Waals surface area contributed by atoms with E-state index >= 15 is 0 Å². The van der Waals surface area contributed by atoms with E-state index in [1.807, 2.05) is 19.1 Å². The predicted molar refractivity (Wildman–Crippen MR) is 132 cm³/mol. The standard InChI is InChI=1S/C25H26ClN5O3/c1-15-3-6-19(21(13-15)34-18-9-11-27-12-10-18)24(32)30-20-7-4-16(2)29-23(20)25(33)31-22-8-5-17(26)14-28-22/h3-8,13-14,18,27H,9-12H2,1-2H3,(H,30,32)(H,28,31,33). The van der Waals surface area contributed by atoms with Crippen LogP contribution in [-0.4, -0.2) is 41.0 Å². The van der Waals surface area contributed by atoms with Gasteiger partial charge in [0.25, 0.3) is 11.8 Å². The van der Waals surface area contributed by atoms with Gasteiger partial charge in [0.2, 0.25) is 0 Å². The number of hydrogen-bond acceptors (Lipinski definition) is 6. The first-order valence-corrected chi connectivity index (χ1v) is 11.5. The van der Waals surface area contributed by atoms with Crippen molar-refractivity contribution >= 4 is 34.9 Å². The minimum absolute atomic E-state index is 0.0452. The number of anilines is 2. The van der Waals surface area contributed by atoms with E-state index in [0.29, 0.717) is 27.8 Å². The third-order valence-corrected chi connectivity index (χ3v) is 5.65. The SMILES string of the molecule is Cc1ccc(C(=O)Nc2ccc(C)nc2C(=O)Nc2ccc(Cl)cn2)c(OC2CCNCC2)c1. The number of amides is 2. The number of aryl methyl sites for hydroxylation is 2. The molecule has 1 saturated heterocycles. The summed E-state index contributed by atoms with van der Waals surface area (Å²) in [7, 11) is 0. The van der Waals surface area contributed by atoms with Crippen molar-refractivity contribution in [3.8, 4) is 5.75 Å². The molecule has 0 aliphatic carbocycles. The van der Waals surface area contributed by atoms with Gasteiger partial charge in [-0.2, -0.15) is 0 Å². The van der Waals surface area contributed by atoms with Crippen LogP contribution in [0.2, 0.25) is 5.02 Å². The first kappa shape index (κ1) is 23.7. The fourth-order valence-electron chi connectivity index (χ4n) is 3.65. The Hall–Kier alpha value is -3.49. The molecule has 8 nitrogen and oxygen atoms in total. The van der Waals surface area contributed by atoms with Crippen LogP contribution in [0.4, 0.5) is 11.5 Å². The number of carbonyl (C=O) groups excluding carboxylic acids is 2. The molecule has 1 aromatic carbocycles. The number of piperidine rings is 1. The van der Waals surface area contributed by atoms with E-state index in [1.165, 1.54) is 6.20 Å². The minimum atomic E-state index is -0.496. The Morgan fingerprint density at radius 1 is 1.03 bits per heavy atom. The van der Waals surface area contributed by atoms with Crippen LogP contribution < -0.4 is 20.7 Å². The van der Waals surface area contributed by atoms with Crippen LogP contribution in [0.25, 0.3) is 0 Å². The summed E-state index contributed by atoms with van der Waals surface area (Å²) >= 11 is 5.86. The van der Waals surface area contributed by atoms with Crippen LogP contribution in [0.5, 0.6) is 5.75 Å². The molecule has 0 atom stereocenters. The van der Waals surface area contributed by atoms with Crippen molar-refractivity contribution in [3.05, 3.63) is 76.2 Å². The van der Waals surface area contributed by atoms with E-state index in [9.17, 15) is 9.59 Å². The van der Waals surface area contributed by atoms with Crippen molar-refractivity contribution in [2.24, 2.45) is 0 Å². The van der Waals surface area contributed by atoms with Crippen molar-refractivity contribution in [2.75, 3.05) is 23.7 Å². The van der Waals surface area contributed by atoms with Crippen LogP contribution in [0.15, 0.2) is 48.7 Å². The lowest BCUT2D eigenvalue weighted by Crippen LogP contribution is -2.34. The lowest BCUT2D eigenvalue weighted by atomic mass is 10.1. The highest BCUT2D eigenvalue weighted by Crippen LogP contribution is 2.26. The quantitative estimate of drug-likeness (QED) is 0.484. The number of carbonyl (C=O) groups is 2. The Bertz CT molecular complexity index is 1190. The number of aromatic nitrogens is 2. The van der Waals surface area contributed by atoms with Crippen LogP contribution in [0.3, 0.4) is 0 Å². The maximum Gasteiger partial charge on any atom is 0.277 e. The third-order valence-electron chi connectivity index (χ3n) is 5.43. The van der Waals surface area contributed by atoms with Gasteiger partial charge >= 0.3 is 0 Å². The number of nitrogens with zero attached hydrogens (tertiary/aromatic N) is 2. The van der Waals surface area contributed by atoms with Crippen molar-refractivity contribution in [2.45, 2.75) is 32.8 Å². The van der Waals surface area contributed by atoms with Crippen LogP contribution in [0, 0.1) is 13.8 Å². The Morgan fingerprint density at radius 2 is 1.82 bits per heavy atom. The number of halogens is 1. The number of benzene rings is 1. The number of rotatable bonds is 6. The normalized spacial score (nSPS) is 13.9. The van der Waals surface area contributed by atoms with Crippen molar-refractivity contribution in [1.82, 2.24) is 15.3 Å². The fraction of sp³-hybridized carbons (Fsp3) is 0.280. The van der Waals surface area contributed by atoms with Gasteiger partial charge in [0.1, 0.15) is 17.7 Å². The van der Waals surface area contributed by atoms with E-state index in [4.69, 9.17) is 16.3 Å². The fourth-order valence-corrected chi connectivity index (χ4v) is 3.76. The highest BCUT2D eigenvalue weighted by molar-refractivity contribution is 6.30. The second-order valence-corrected chi connectivity index (χ2v) is 8.62. The van der Waals surface area contributed by atoms with E-state index in [0.717, 1.165) is 31.5 Å². The smallest absolute Gasteiger partial charge is 0.277 e. The summed E-state index contributed by atoms with van der Waals surface area (Å²) in [6, 6.07) is 12.1. The summed E-state index contributed by atoms with van der Waals surface area (Å²) in [4.78, 5) is 34.6. The first-order valence-electron chi connectivity index (χ1n) is 11.1. The summed E-state index contributed by atoms with van der Waals surface area (Å²) in [5, 5.41) is 9.28. The molecular formula is C25H26ClN5O3. The molecule has 2 amide bonds. The lowest BCUT2D eigenvalue weighted by Gasteiger charge is -2.25. The maximum absolute atomic E-state index is 13.3. The Labute approximate surface area is 203 Å². The van der Waals surface area contributed by atoms with Gasteiger partial charge in [-0.05, 0) is 81.7 Å². The maximum atomic E-state index is 13.3. The molecule has 9 heteroatoms. The van der Waals surface area contributed by atoms with Gasteiger partial charge in [0.15, 0.2) is 5.69 Å². The molecular weight excluding hydrogens is 454 g/mol. The van der Waals surface area contributed by atoms with Crippen LogP contribution >= 0.6 is 11.6 Å². The molecule has 3 heterocycles. The van der Waals surface area contributed by atoms with E-state index in [-0.39, 0.29) is 23.4 Å². The predicted octanol–water partition coefficient (Wildman–Crippen LogP) is 4.38. The first-order chi connectivity index (χ1) is 16.4. The molecule has 0 bridgehead atoms. The zero-order valence-corrected chi connectivity index (χ0v) is 19.8. The van der Waals surface area contributed by atoms with Gasteiger partial charge in [-0.3, -0.25) is 9.59 Å². The number of pyridine rings is 2. The molecule has 176 valence electrons. The Kier molecular flexibility index (Phi) is 7.40. The van der Waals surface area contributed by atoms with Gasteiger partial charge in [-0.1, -0.05) is 17.7 Å². The summed E-state index contributed by atoms with van der Waals surface area (Å²) in [5.41, 5.74) is 2.40. The van der Waals surface area contributed by atoms with Gasteiger partial charge in [-0.15, -0.1) is 0 Å². The zero-order chi connectivity index (χ0) is 24.1. The van der Waals surface area contributed by atoms with E-state index < -0.39 is 5.91 Å². The summed E-state index contributed by atoms with van der Waals surface area (Å²) in [5.74, 6) is -0.0239. The number of nitrogens with one attached hydrogen (secondary N) is 3. The average molecular weight is 480 g/mol. The molecule has 4 rings (SSSR count). The summed E-state index contributed by atoms with van der Waals surface area (Å²) < 4.78 is 6.20. The third kappa shape index (κ3) is 5.89. The van der Waals surface area contributed by atoms with Gasteiger partial charge in [0.05, 0.1) is 16.3 Å². The van der Waals surface area contributed by atoms with E-state index in [2.05, 4.69) is 25.9 Å². The molecule has 3 N–H and O–H groups in total. The second kappa shape index (κ2) is 10.6. The Morgan fingerprint density at radius 3 is 2.56 bits per heavy atom. The molecule has 34 heavy (non-hydrogen) atoms. The van der Waals surface area contributed by atoms with Gasteiger partial charge < -0.3 is 20.7 Å². The average Bonchev–Trinajstić information content (AvgIpc) is 2.82. The monoisotopic (exact) mass is 479 g/mol. The Balaban J connectivity index is 1.56. The van der Waals surface area contributed by atoms with Crippen molar-refractivity contribution in [3.63, 3.8) is 0 Å². The van der Waals surface area contributed by atoms with Crippen molar-refractivity contribution in [1.29, 1.82) is 0 Å². The highest BCUT2D eigenvalue weighted by Gasteiger charge is 2.22. The van der Waals surface area contributed by atoms with E-state index in [1.54, 1.807) is 37.3 Å². The zero-order valence-electron chi connectivity index (χ0n) is 19.0. The molecule has 1 aliphatic rings. The van der Waals surface area contributed by atoms with Crippen LogP contribution in [0.1, 0.15) is 44.9 Å².